The summed E-state index contributed by atoms with van der Waals surface area (Å²) >= 11 is 1.13. The Balaban J connectivity index is 2.08. The van der Waals surface area contributed by atoms with Crippen molar-refractivity contribution in [1.29, 1.82) is 0 Å². The van der Waals surface area contributed by atoms with Gasteiger partial charge in [0.25, 0.3) is 0 Å². The van der Waals surface area contributed by atoms with E-state index < -0.39 is 22.1 Å². The summed E-state index contributed by atoms with van der Waals surface area (Å²) in [4.78, 5) is 10.9. The topological polar surface area (TPSA) is 112 Å². The molecular weight excluding hydrogens is 292 g/mol. The molecule has 0 amide bonds. The first-order chi connectivity index (χ1) is 8.88. The van der Waals surface area contributed by atoms with Crippen molar-refractivity contribution < 1.29 is 18.3 Å². The maximum Gasteiger partial charge on any atom is 0.307 e. The summed E-state index contributed by atoms with van der Waals surface area (Å²) in [6.07, 6.45) is 1.03. The highest BCUT2D eigenvalue weighted by atomic mass is 32.2. The molecule has 19 heavy (non-hydrogen) atoms. The van der Waals surface area contributed by atoms with Crippen LogP contribution in [-0.2, 0) is 15.0 Å². The number of hydrogen-bond acceptors (Lipinski definition) is 6. The van der Waals surface area contributed by atoms with Gasteiger partial charge in [-0.05, 0) is 19.8 Å². The number of nitrogens with zero attached hydrogens (tertiary/aromatic N) is 3. The minimum absolute atomic E-state index is 0.0115. The largest absolute Gasteiger partial charge is 0.481 e. The number of piperidine rings is 1. The smallest absolute Gasteiger partial charge is 0.307 e. The van der Waals surface area contributed by atoms with Crippen LogP contribution in [0, 0.1) is 12.8 Å². The van der Waals surface area contributed by atoms with Crippen molar-refractivity contribution in [2.75, 3.05) is 17.8 Å². The van der Waals surface area contributed by atoms with Crippen LogP contribution >= 0.6 is 11.3 Å². The van der Waals surface area contributed by atoms with Crippen LogP contribution in [0.15, 0.2) is 0 Å². The fourth-order valence-corrected chi connectivity index (χ4v) is 3.94. The molecule has 0 spiro atoms. The molecule has 1 aromatic heterocycles. The van der Waals surface area contributed by atoms with Crippen LogP contribution in [0.3, 0.4) is 0 Å². The van der Waals surface area contributed by atoms with E-state index in [9.17, 15) is 13.2 Å². The van der Waals surface area contributed by atoms with E-state index >= 15 is 0 Å². The molecule has 1 aliphatic heterocycles. The highest BCUT2D eigenvalue weighted by Gasteiger charge is 2.32. The molecule has 2 rings (SSSR count). The second kappa shape index (κ2) is 5.39. The number of aryl methyl sites for hydroxylation is 1. The lowest BCUT2D eigenvalue weighted by Crippen LogP contribution is -2.44. The third kappa shape index (κ3) is 3.39. The lowest BCUT2D eigenvalue weighted by molar-refractivity contribution is -0.142. The maximum absolute atomic E-state index is 12.1. The minimum atomic E-state index is -3.76. The van der Waals surface area contributed by atoms with Gasteiger partial charge < -0.3 is 5.11 Å². The van der Waals surface area contributed by atoms with E-state index in [0.717, 1.165) is 15.6 Å². The lowest BCUT2D eigenvalue weighted by Gasteiger charge is -2.29. The van der Waals surface area contributed by atoms with Crippen molar-refractivity contribution in [3.63, 3.8) is 0 Å². The van der Waals surface area contributed by atoms with Gasteiger partial charge in [0.1, 0.15) is 5.01 Å². The summed E-state index contributed by atoms with van der Waals surface area (Å²) in [7, 11) is -3.76. The third-order valence-electron chi connectivity index (χ3n) is 2.82. The summed E-state index contributed by atoms with van der Waals surface area (Å²) in [5, 5.41) is 17.2. The monoisotopic (exact) mass is 306 g/mol. The van der Waals surface area contributed by atoms with Crippen LogP contribution < -0.4 is 4.72 Å². The molecule has 1 saturated heterocycles. The van der Waals surface area contributed by atoms with E-state index in [1.807, 2.05) is 0 Å². The molecule has 106 valence electrons. The number of aliphatic carboxylic acids is 1. The van der Waals surface area contributed by atoms with Crippen molar-refractivity contribution >= 4 is 32.6 Å². The van der Waals surface area contributed by atoms with Crippen molar-refractivity contribution in [3.8, 4) is 0 Å². The maximum atomic E-state index is 12.1. The number of hydrogen-bond donors (Lipinski definition) is 2. The zero-order valence-corrected chi connectivity index (χ0v) is 11.9. The van der Waals surface area contributed by atoms with Gasteiger partial charge in [-0.15, -0.1) is 10.2 Å². The summed E-state index contributed by atoms with van der Waals surface area (Å²) in [5.41, 5.74) is 0. The number of carboxylic acid groups (broad SMARTS) is 1. The van der Waals surface area contributed by atoms with E-state index in [2.05, 4.69) is 14.9 Å². The second-order valence-electron chi connectivity index (χ2n) is 4.27. The molecule has 10 heteroatoms. The van der Waals surface area contributed by atoms with E-state index in [1.165, 1.54) is 0 Å². The van der Waals surface area contributed by atoms with Crippen LogP contribution in [-0.4, -0.2) is 47.1 Å². The van der Waals surface area contributed by atoms with Crippen LogP contribution in [0.25, 0.3) is 0 Å². The minimum Gasteiger partial charge on any atom is -0.481 e. The fourth-order valence-electron chi connectivity index (χ4n) is 1.87. The molecular formula is C9H14N4O4S2. The van der Waals surface area contributed by atoms with Crippen LogP contribution in [0.5, 0.6) is 0 Å². The average molecular weight is 306 g/mol. The third-order valence-corrected chi connectivity index (χ3v) is 5.16. The van der Waals surface area contributed by atoms with Crippen LogP contribution in [0.2, 0.25) is 0 Å². The van der Waals surface area contributed by atoms with Crippen molar-refractivity contribution in [2.45, 2.75) is 19.8 Å². The molecule has 0 aromatic carbocycles. The van der Waals surface area contributed by atoms with E-state index in [1.54, 1.807) is 6.92 Å². The summed E-state index contributed by atoms with van der Waals surface area (Å²) in [6, 6.07) is 0. The van der Waals surface area contributed by atoms with Gasteiger partial charge in [0.2, 0.25) is 5.13 Å². The number of carbonyl (C=O) groups is 1. The Morgan fingerprint density at radius 1 is 1.53 bits per heavy atom. The Morgan fingerprint density at radius 2 is 2.26 bits per heavy atom. The summed E-state index contributed by atoms with van der Waals surface area (Å²) in [6.45, 7) is 2.02. The Labute approximate surface area is 114 Å². The molecule has 1 aliphatic rings. The zero-order valence-electron chi connectivity index (χ0n) is 10.2. The Kier molecular flexibility index (Phi) is 4.02. The van der Waals surface area contributed by atoms with Crippen molar-refractivity contribution in [1.82, 2.24) is 14.5 Å². The van der Waals surface area contributed by atoms with Crippen molar-refractivity contribution in [3.05, 3.63) is 5.01 Å². The Hall–Kier alpha value is -1.26. The summed E-state index contributed by atoms with van der Waals surface area (Å²) in [5.74, 6) is -1.62. The Morgan fingerprint density at radius 3 is 2.84 bits per heavy atom. The Bertz CT molecular complexity index is 571. The number of rotatable bonds is 4. The van der Waals surface area contributed by atoms with Gasteiger partial charge in [0, 0.05) is 13.1 Å². The molecule has 1 unspecified atom stereocenters. The zero-order chi connectivity index (χ0) is 14.0. The molecule has 8 nitrogen and oxygen atoms in total. The van der Waals surface area contributed by atoms with E-state index in [0.29, 0.717) is 24.4 Å². The molecule has 0 saturated carbocycles. The van der Waals surface area contributed by atoms with Gasteiger partial charge in [-0.3, -0.25) is 4.79 Å². The summed E-state index contributed by atoms with van der Waals surface area (Å²) < 4.78 is 27.6. The SMILES string of the molecule is Cc1nnc(NS(=O)(=O)N2CCCC(C(=O)O)C2)s1. The quantitative estimate of drug-likeness (QED) is 0.827. The number of anilines is 1. The first-order valence-corrected chi connectivity index (χ1v) is 7.95. The molecule has 2 N–H and O–H groups in total. The average Bonchev–Trinajstić information content (AvgIpc) is 2.74. The fraction of sp³-hybridized carbons (Fsp3) is 0.667. The van der Waals surface area contributed by atoms with Gasteiger partial charge in [0.15, 0.2) is 0 Å². The van der Waals surface area contributed by atoms with Crippen LogP contribution in [0.4, 0.5) is 5.13 Å². The van der Waals surface area contributed by atoms with Crippen molar-refractivity contribution in [2.24, 2.45) is 5.92 Å². The first-order valence-electron chi connectivity index (χ1n) is 5.69. The predicted octanol–water partition coefficient (Wildman–Crippen LogP) is 0.300. The standard InChI is InChI=1S/C9H14N4O4S2/c1-6-10-11-9(18-6)12-19(16,17)13-4-2-3-7(5-13)8(14)15/h7H,2-5H2,1H3,(H,11,12)(H,14,15). The molecule has 0 aliphatic carbocycles. The normalized spacial score (nSPS) is 21.2. The molecule has 1 fully saturated rings. The van der Waals surface area contributed by atoms with E-state index in [-0.39, 0.29) is 11.7 Å². The van der Waals surface area contributed by atoms with Gasteiger partial charge in [-0.1, -0.05) is 11.3 Å². The highest BCUT2D eigenvalue weighted by Crippen LogP contribution is 2.22. The number of aromatic nitrogens is 2. The highest BCUT2D eigenvalue weighted by molar-refractivity contribution is 7.90. The molecule has 2 heterocycles. The lowest BCUT2D eigenvalue weighted by atomic mass is 10.0. The van der Waals surface area contributed by atoms with Gasteiger partial charge >= 0.3 is 16.2 Å². The van der Waals surface area contributed by atoms with E-state index in [4.69, 9.17) is 5.11 Å². The van der Waals surface area contributed by atoms with Gasteiger partial charge in [0.05, 0.1) is 5.92 Å². The first kappa shape index (κ1) is 14.2. The second-order valence-corrected chi connectivity index (χ2v) is 7.12. The molecule has 0 bridgehead atoms. The van der Waals surface area contributed by atoms with Gasteiger partial charge in [-0.2, -0.15) is 12.7 Å². The van der Waals surface area contributed by atoms with Crippen LogP contribution in [0.1, 0.15) is 17.8 Å². The molecule has 0 radical (unpaired) electrons. The van der Waals surface area contributed by atoms with Gasteiger partial charge in [-0.25, -0.2) is 4.72 Å². The predicted molar refractivity (Wildman–Crippen MR) is 69.1 cm³/mol. The molecule has 1 atom stereocenters. The number of nitrogens with one attached hydrogen (secondary N) is 1. The molecule has 1 aromatic rings. The number of carboxylic acids is 1.